The van der Waals surface area contributed by atoms with Gasteiger partial charge in [-0.2, -0.15) is 0 Å². The molecule has 0 aliphatic heterocycles. The average molecular weight is 702 g/mol. The summed E-state index contributed by atoms with van der Waals surface area (Å²) in [5.74, 6) is 1.89. The van der Waals surface area contributed by atoms with E-state index < -0.39 is 0 Å². The molecule has 0 aliphatic rings. The Morgan fingerprint density at radius 2 is 0.782 bits per heavy atom. The normalized spacial score (nSPS) is 11.6. The molecule has 0 radical (unpaired) electrons. The molecular formula is C51H31N3O. The number of furan rings is 1. The lowest BCUT2D eigenvalue weighted by Gasteiger charge is -2.15. The van der Waals surface area contributed by atoms with Crippen molar-refractivity contribution in [3.63, 3.8) is 0 Å². The molecule has 55 heavy (non-hydrogen) atoms. The molecule has 0 N–H and O–H groups in total. The van der Waals surface area contributed by atoms with Crippen LogP contribution in [0.1, 0.15) is 0 Å². The van der Waals surface area contributed by atoms with Crippen LogP contribution >= 0.6 is 0 Å². The summed E-state index contributed by atoms with van der Waals surface area (Å²) in [4.78, 5) is 15.7. The van der Waals surface area contributed by atoms with Crippen molar-refractivity contribution in [2.24, 2.45) is 0 Å². The summed E-state index contributed by atoms with van der Waals surface area (Å²) in [6.07, 6.45) is 0. The maximum absolute atomic E-state index is 6.35. The molecule has 4 heteroatoms. The molecule has 0 atom stereocenters. The van der Waals surface area contributed by atoms with E-state index in [0.29, 0.717) is 17.5 Å². The Bertz CT molecular complexity index is 3260. The summed E-state index contributed by atoms with van der Waals surface area (Å²) in [5.41, 5.74) is 9.05. The van der Waals surface area contributed by atoms with Gasteiger partial charge in [-0.3, -0.25) is 0 Å². The van der Waals surface area contributed by atoms with Crippen molar-refractivity contribution in [3.8, 4) is 56.4 Å². The Hall–Kier alpha value is -7.43. The minimum absolute atomic E-state index is 0.627. The van der Waals surface area contributed by atoms with E-state index in [1.165, 1.54) is 16.2 Å². The van der Waals surface area contributed by atoms with Crippen LogP contribution in [-0.4, -0.2) is 15.0 Å². The van der Waals surface area contributed by atoms with Crippen LogP contribution < -0.4 is 0 Å². The molecule has 11 aromatic rings. The molecule has 4 nitrogen and oxygen atoms in total. The molecule has 0 saturated heterocycles. The zero-order chi connectivity index (χ0) is 36.3. The van der Waals surface area contributed by atoms with Crippen LogP contribution in [0.3, 0.4) is 0 Å². The second-order valence-corrected chi connectivity index (χ2v) is 14.0. The van der Waals surface area contributed by atoms with Crippen molar-refractivity contribution in [1.82, 2.24) is 15.0 Å². The number of benzene rings is 9. The highest BCUT2D eigenvalue weighted by atomic mass is 16.3. The number of hydrogen-bond acceptors (Lipinski definition) is 4. The van der Waals surface area contributed by atoms with Gasteiger partial charge in [-0.1, -0.05) is 146 Å². The van der Waals surface area contributed by atoms with E-state index in [9.17, 15) is 0 Å². The lowest BCUT2D eigenvalue weighted by molar-refractivity contribution is 0.669. The van der Waals surface area contributed by atoms with Crippen molar-refractivity contribution >= 4 is 54.3 Å². The summed E-state index contributed by atoms with van der Waals surface area (Å²) < 4.78 is 6.35. The molecule has 2 heterocycles. The topological polar surface area (TPSA) is 51.8 Å². The number of hydrogen-bond donors (Lipinski definition) is 0. The van der Waals surface area contributed by atoms with Gasteiger partial charge in [-0.25, -0.2) is 15.0 Å². The van der Waals surface area contributed by atoms with Gasteiger partial charge >= 0.3 is 0 Å². The Morgan fingerprint density at radius 3 is 1.49 bits per heavy atom. The minimum atomic E-state index is 0.627. The molecule has 0 aliphatic carbocycles. The van der Waals surface area contributed by atoms with E-state index in [4.69, 9.17) is 19.4 Å². The lowest BCUT2D eigenvalue weighted by atomic mass is 9.93. The fourth-order valence-electron chi connectivity index (χ4n) is 7.99. The summed E-state index contributed by atoms with van der Waals surface area (Å²) in [5, 5.41) is 9.08. The van der Waals surface area contributed by atoms with Crippen LogP contribution in [0.25, 0.3) is 111 Å². The third-order valence-electron chi connectivity index (χ3n) is 10.7. The molecule has 0 fully saturated rings. The van der Waals surface area contributed by atoms with E-state index in [-0.39, 0.29) is 0 Å². The SMILES string of the molecule is c1ccc(-c2nc(-c3cc4ccccc4cc3-c3ccccc3)nc(-c3ccc(-c4ccc5oc6cc7ccccc7cc6c5c4)c4ccccc34)n2)cc1. The van der Waals surface area contributed by atoms with Crippen LogP contribution in [0.15, 0.2) is 192 Å². The highest BCUT2D eigenvalue weighted by Gasteiger charge is 2.19. The first-order valence-electron chi connectivity index (χ1n) is 18.5. The molecule has 11 rings (SSSR count). The molecule has 0 bridgehead atoms. The Kier molecular flexibility index (Phi) is 7.14. The third kappa shape index (κ3) is 5.34. The van der Waals surface area contributed by atoms with Crippen LogP contribution in [-0.2, 0) is 0 Å². The maximum atomic E-state index is 6.35. The molecule has 0 amide bonds. The third-order valence-corrected chi connectivity index (χ3v) is 10.7. The first-order valence-corrected chi connectivity index (χ1v) is 18.5. The molecule has 256 valence electrons. The van der Waals surface area contributed by atoms with Gasteiger partial charge in [0.2, 0.25) is 0 Å². The summed E-state index contributed by atoms with van der Waals surface area (Å²) >= 11 is 0. The summed E-state index contributed by atoms with van der Waals surface area (Å²) in [7, 11) is 0. The zero-order valence-corrected chi connectivity index (χ0v) is 29.6. The van der Waals surface area contributed by atoms with Crippen LogP contribution in [0.2, 0.25) is 0 Å². The minimum Gasteiger partial charge on any atom is -0.456 e. The molecular weight excluding hydrogens is 671 g/mol. The van der Waals surface area contributed by atoms with Gasteiger partial charge in [-0.15, -0.1) is 0 Å². The lowest BCUT2D eigenvalue weighted by Crippen LogP contribution is -2.02. The summed E-state index contributed by atoms with van der Waals surface area (Å²) in [6.45, 7) is 0. The quantitative estimate of drug-likeness (QED) is 0.179. The van der Waals surface area contributed by atoms with E-state index in [0.717, 1.165) is 77.0 Å². The zero-order valence-electron chi connectivity index (χ0n) is 29.6. The fraction of sp³-hybridized carbons (Fsp3) is 0. The van der Waals surface area contributed by atoms with Crippen molar-refractivity contribution in [2.45, 2.75) is 0 Å². The first-order chi connectivity index (χ1) is 27.2. The van der Waals surface area contributed by atoms with Gasteiger partial charge in [0.25, 0.3) is 0 Å². The van der Waals surface area contributed by atoms with E-state index in [1.54, 1.807) is 0 Å². The second-order valence-electron chi connectivity index (χ2n) is 14.0. The van der Waals surface area contributed by atoms with Gasteiger partial charge in [0, 0.05) is 27.5 Å². The highest BCUT2D eigenvalue weighted by molar-refractivity contribution is 6.12. The van der Waals surface area contributed by atoms with Crippen LogP contribution in [0.4, 0.5) is 0 Å². The summed E-state index contributed by atoms with van der Waals surface area (Å²) in [6, 6.07) is 65.8. The van der Waals surface area contributed by atoms with E-state index >= 15 is 0 Å². The fourth-order valence-corrected chi connectivity index (χ4v) is 7.99. The second kappa shape index (κ2) is 12.6. The van der Waals surface area contributed by atoms with Crippen molar-refractivity contribution in [2.75, 3.05) is 0 Å². The predicted octanol–water partition coefficient (Wildman–Crippen LogP) is 13.6. The van der Waals surface area contributed by atoms with Gasteiger partial charge < -0.3 is 4.42 Å². The predicted molar refractivity (Wildman–Crippen MR) is 227 cm³/mol. The van der Waals surface area contributed by atoms with Crippen molar-refractivity contribution in [3.05, 3.63) is 188 Å². The van der Waals surface area contributed by atoms with Crippen LogP contribution in [0, 0.1) is 0 Å². The average Bonchev–Trinajstić information content (AvgIpc) is 3.61. The van der Waals surface area contributed by atoms with Crippen molar-refractivity contribution in [1.29, 1.82) is 0 Å². The first kappa shape index (κ1) is 31.1. The van der Waals surface area contributed by atoms with Gasteiger partial charge in [0.05, 0.1) is 0 Å². The standard InChI is InChI=1S/C51H31N3O/c1-3-13-32(14-4-1)43-27-34-17-7-8-19-36(34)29-46(43)51-53-49(33-15-5-2-6-16-33)52-50(54-51)42-25-24-39(40-21-11-12-22-41(40)42)38-23-26-47-44(30-38)45-28-35-18-9-10-20-37(35)31-48(45)55-47/h1-31H. The maximum Gasteiger partial charge on any atom is 0.164 e. The monoisotopic (exact) mass is 701 g/mol. The number of aromatic nitrogens is 3. The molecule has 0 saturated carbocycles. The number of nitrogens with zero attached hydrogens (tertiary/aromatic N) is 3. The Labute approximate surface area is 317 Å². The van der Waals surface area contributed by atoms with E-state index in [1.807, 2.05) is 24.3 Å². The number of fused-ring (bicyclic) bond motifs is 6. The largest absolute Gasteiger partial charge is 0.456 e. The van der Waals surface area contributed by atoms with Crippen molar-refractivity contribution < 1.29 is 4.42 Å². The molecule has 9 aromatic carbocycles. The van der Waals surface area contributed by atoms with Crippen LogP contribution in [0.5, 0.6) is 0 Å². The van der Waals surface area contributed by atoms with Gasteiger partial charge in [0.1, 0.15) is 11.2 Å². The van der Waals surface area contributed by atoms with Gasteiger partial charge in [0.15, 0.2) is 17.5 Å². The highest BCUT2D eigenvalue weighted by Crippen LogP contribution is 2.40. The number of rotatable bonds is 5. The molecule has 0 spiro atoms. The Morgan fingerprint density at radius 1 is 0.273 bits per heavy atom. The molecule has 0 unspecified atom stereocenters. The molecule has 2 aromatic heterocycles. The van der Waals surface area contributed by atoms with Gasteiger partial charge in [-0.05, 0) is 97.0 Å². The smallest absolute Gasteiger partial charge is 0.164 e. The van der Waals surface area contributed by atoms with E-state index in [2.05, 4.69) is 164 Å². The Balaban J connectivity index is 1.11.